The second-order valence-electron chi connectivity index (χ2n) is 5.07. The molecule has 1 aliphatic carbocycles. The minimum absolute atomic E-state index is 0.530. The van der Waals surface area contributed by atoms with Gasteiger partial charge in [-0.2, -0.15) is 0 Å². The molecule has 0 aliphatic heterocycles. The van der Waals surface area contributed by atoms with Crippen molar-refractivity contribution in [2.24, 2.45) is 11.7 Å². The van der Waals surface area contributed by atoms with Crippen LogP contribution in [-0.4, -0.2) is 31.8 Å². The summed E-state index contributed by atoms with van der Waals surface area (Å²) in [6.07, 6.45) is 4.52. The number of likely N-dealkylation sites (N-methyl/N-ethyl adjacent to an activating group) is 1. The van der Waals surface area contributed by atoms with E-state index in [1.165, 1.54) is 18.4 Å². The molecule has 100 valence electrons. The van der Waals surface area contributed by atoms with Crippen LogP contribution in [0.3, 0.4) is 0 Å². The molecule has 4 nitrogen and oxygen atoms in total. The molecule has 18 heavy (non-hydrogen) atoms. The van der Waals surface area contributed by atoms with Crippen molar-refractivity contribution in [3.63, 3.8) is 0 Å². The lowest BCUT2D eigenvalue weighted by atomic mass is 10.1. The number of hydrogen-bond donors (Lipinski definition) is 1. The van der Waals surface area contributed by atoms with E-state index >= 15 is 0 Å². The molecule has 0 unspecified atom stereocenters. The summed E-state index contributed by atoms with van der Waals surface area (Å²) < 4.78 is 5.65. The molecular weight excluding hydrogens is 226 g/mol. The van der Waals surface area contributed by atoms with Gasteiger partial charge in [-0.25, -0.2) is 4.98 Å². The summed E-state index contributed by atoms with van der Waals surface area (Å²) in [5.41, 5.74) is 8.12. The van der Waals surface area contributed by atoms with Crippen LogP contribution in [0.2, 0.25) is 0 Å². The number of aromatic nitrogens is 1. The van der Waals surface area contributed by atoms with Gasteiger partial charge in [0, 0.05) is 38.5 Å². The van der Waals surface area contributed by atoms with Crippen molar-refractivity contribution in [3.05, 3.63) is 23.4 Å². The highest BCUT2D eigenvalue weighted by molar-refractivity contribution is 5.49. The van der Waals surface area contributed by atoms with Crippen molar-refractivity contribution in [2.75, 3.05) is 31.7 Å². The number of nitrogens with zero attached hydrogens (tertiary/aromatic N) is 2. The van der Waals surface area contributed by atoms with E-state index < -0.39 is 0 Å². The quantitative estimate of drug-likeness (QED) is 0.747. The van der Waals surface area contributed by atoms with Crippen molar-refractivity contribution in [1.82, 2.24) is 4.98 Å². The molecule has 4 heteroatoms. The standard InChI is InChI=1S/C14H23N3O/c1-11-5-6-16-14(13(11)9-15)17(2)7-8-18-10-12-3-4-12/h5-6,12H,3-4,7-10,15H2,1-2H3. The summed E-state index contributed by atoms with van der Waals surface area (Å²) >= 11 is 0. The Morgan fingerprint density at radius 3 is 2.94 bits per heavy atom. The summed E-state index contributed by atoms with van der Waals surface area (Å²) in [5, 5.41) is 0. The Hall–Kier alpha value is -1.13. The Morgan fingerprint density at radius 1 is 1.50 bits per heavy atom. The highest BCUT2D eigenvalue weighted by atomic mass is 16.5. The first kappa shape index (κ1) is 13.3. The minimum Gasteiger partial charge on any atom is -0.379 e. The van der Waals surface area contributed by atoms with Gasteiger partial charge in [0.2, 0.25) is 0 Å². The van der Waals surface area contributed by atoms with Crippen LogP contribution in [0, 0.1) is 12.8 Å². The number of nitrogens with two attached hydrogens (primary N) is 1. The van der Waals surface area contributed by atoms with Gasteiger partial charge in [0.05, 0.1) is 6.61 Å². The van der Waals surface area contributed by atoms with Gasteiger partial charge in [0.15, 0.2) is 0 Å². The third-order valence-electron chi connectivity index (χ3n) is 3.45. The molecule has 1 aliphatic rings. The van der Waals surface area contributed by atoms with Crippen molar-refractivity contribution < 1.29 is 4.74 Å². The van der Waals surface area contributed by atoms with Crippen LogP contribution in [0.15, 0.2) is 12.3 Å². The lowest BCUT2D eigenvalue weighted by Crippen LogP contribution is -2.26. The molecule has 0 amide bonds. The van der Waals surface area contributed by atoms with E-state index in [0.29, 0.717) is 6.54 Å². The van der Waals surface area contributed by atoms with Gasteiger partial charge in [-0.15, -0.1) is 0 Å². The van der Waals surface area contributed by atoms with Crippen LogP contribution >= 0.6 is 0 Å². The average molecular weight is 249 g/mol. The van der Waals surface area contributed by atoms with E-state index in [9.17, 15) is 0 Å². The molecule has 1 aromatic rings. The van der Waals surface area contributed by atoms with E-state index in [1.54, 1.807) is 0 Å². The van der Waals surface area contributed by atoms with Crippen LogP contribution in [0.4, 0.5) is 5.82 Å². The number of ether oxygens (including phenoxy) is 1. The summed E-state index contributed by atoms with van der Waals surface area (Å²) in [6, 6.07) is 2.00. The molecule has 0 radical (unpaired) electrons. The SMILES string of the molecule is Cc1ccnc(N(C)CCOCC2CC2)c1CN. The van der Waals surface area contributed by atoms with E-state index in [1.807, 2.05) is 19.3 Å². The normalized spacial score (nSPS) is 14.8. The molecule has 1 heterocycles. The fourth-order valence-corrected chi connectivity index (χ4v) is 2.00. The number of aryl methyl sites for hydroxylation is 1. The Labute approximate surface area is 109 Å². The van der Waals surface area contributed by atoms with Crippen LogP contribution in [-0.2, 0) is 11.3 Å². The van der Waals surface area contributed by atoms with Gasteiger partial charge in [0.25, 0.3) is 0 Å². The highest BCUT2D eigenvalue weighted by Crippen LogP contribution is 2.28. The van der Waals surface area contributed by atoms with Gasteiger partial charge in [-0.05, 0) is 37.3 Å². The predicted octanol–water partition coefficient (Wildman–Crippen LogP) is 1.71. The third-order valence-corrected chi connectivity index (χ3v) is 3.45. The van der Waals surface area contributed by atoms with Crippen LogP contribution < -0.4 is 10.6 Å². The molecule has 2 rings (SSSR count). The van der Waals surface area contributed by atoms with E-state index in [-0.39, 0.29) is 0 Å². The molecule has 0 spiro atoms. The molecule has 2 N–H and O–H groups in total. The first-order valence-corrected chi connectivity index (χ1v) is 6.65. The maximum Gasteiger partial charge on any atom is 0.133 e. The summed E-state index contributed by atoms with van der Waals surface area (Å²) in [6.45, 7) is 5.13. The average Bonchev–Trinajstić information content (AvgIpc) is 3.18. The van der Waals surface area contributed by atoms with Gasteiger partial charge in [-0.3, -0.25) is 0 Å². The molecular formula is C14H23N3O. The van der Waals surface area contributed by atoms with Crippen molar-refractivity contribution >= 4 is 5.82 Å². The molecule has 0 aromatic carbocycles. The Bertz CT molecular complexity index is 391. The van der Waals surface area contributed by atoms with Gasteiger partial charge >= 0.3 is 0 Å². The maximum atomic E-state index is 5.79. The Kier molecular flexibility index (Phi) is 4.55. The van der Waals surface area contributed by atoms with E-state index in [2.05, 4.69) is 16.8 Å². The highest BCUT2D eigenvalue weighted by Gasteiger charge is 2.21. The van der Waals surface area contributed by atoms with Crippen molar-refractivity contribution in [1.29, 1.82) is 0 Å². The van der Waals surface area contributed by atoms with Gasteiger partial charge in [-0.1, -0.05) is 0 Å². The van der Waals surface area contributed by atoms with E-state index in [0.717, 1.165) is 37.1 Å². The monoisotopic (exact) mass is 249 g/mol. The fourth-order valence-electron chi connectivity index (χ4n) is 2.00. The Morgan fingerprint density at radius 2 is 2.28 bits per heavy atom. The zero-order valence-corrected chi connectivity index (χ0v) is 11.4. The van der Waals surface area contributed by atoms with Crippen LogP contribution in [0.1, 0.15) is 24.0 Å². The molecule has 0 saturated heterocycles. The second-order valence-corrected chi connectivity index (χ2v) is 5.07. The van der Waals surface area contributed by atoms with Gasteiger partial charge in [0.1, 0.15) is 5.82 Å². The lowest BCUT2D eigenvalue weighted by Gasteiger charge is -2.21. The molecule has 1 aromatic heterocycles. The molecule has 0 atom stereocenters. The van der Waals surface area contributed by atoms with Crippen LogP contribution in [0.5, 0.6) is 0 Å². The number of pyridine rings is 1. The summed E-state index contributed by atoms with van der Waals surface area (Å²) in [5.74, 6) is 1.81. The third kappa shape index (κ3) is 3.43. The van der Waals surface area contributed by atoms with E-state index in [4.69, 9.17) is 10.5 Å². The topological polar surface area (TPSA) is 51.4 Å². The number of hydrogen-bond acceptors (Lipinski definition) is 4. The lowest BCUT2D eigenvalue weighted by molar-refractivity contribution is 0.130. The minimum atomic E-state index is 0.530. The predicted molar refractivity (Wildman–Crippen MR) is 73.7 cm³/mol. The number of rotatable bonds is 7. The zero-order valence-electron chi connectivity index (χ0n) is 11.4. The van der Waals surface area contributed by atoms with Crippen LogP contribution in [0.25, 0.3) is 0 Å². The van der Waals surface area contributed by atoms with Gasteiger partial charge < -0.3 is 15.4 Å². The maximum absolute atomic E-state index is 5.79. The smallest absolute Gasteiger partial charge is 0.133 e. The Balaban J connectivity index is 1.86. The molecule has 0 bridgehead atoms. The first-order valence-electron chi connectivity index (χ1n) is 6.65. The largest absolute Gasteiger partial charge is 0.379 e. The second kappa shape index (κ2) is 6.16. The molecule has 1 saturated carbocycles. The van der Waals surface area contributed by atoms with Crippen molar-refractivity contribution in [3.8, 4) is 0 Å². The number of anilines is 1. The molecule has 1 fully saturated rings. The van der Waals surface area contributed by atoms with Crippen molar-refractivity contribution in [2.45, 2.75) is 26.3 Å². The zero-order chi connectivity index (χ0) is 13.0. The first-order chi connectivity index (χ1) is 8.72. The summed E-state index contributed by atoms with van der Waals surface area (Å²) in [4.78, 5) is 6.55. The summed E-state index contributed by atoms with van der Waals surface area (Å²) in [7, 11) is 2.04. The fraction of sp³-hybridized carbons (Fsp3) is 0.643.